The maximum absolute atomic E-state index is 13.0. The fraction of sp³-hybridized carbons (Fsp3) is 0.536. The van der Waals surface area contributed by atoms with Crippen molar-refractivity contribution < 1.29 is 27.8 Å². The molecule has 2 aliphatic rings. The minimum Gasteiger partial charge on any atom is -0.492 e. The van der Waals surface area contributed by atoms with Gasteiger partial charge in [0.15, 0.2) is 0 Å². The molecule has 0 saturated carbocycles. The summed E-state index contributed by atoms with van der Waals surface area (Å²) in [5, 5.41) is 12.1. The number of fused-ring (bicyclic) bond motifs is 2. The summed E-state index contributed by atoms with van der Waals surface area (Å²) < 4.78 is 44.6. The van der Waals surface area contributed by atoms with Gasteiger partial charge in [0.25, 0.3) is 5.91 Å². The number of nitrogens with zero attached hydrogens (tertiary/aromatic N) is 2. The molecule has 2 aromatic carbocycles. The average molecular weight is 520 g/mol. The van der Waals surface area contributed by atoms with Crippen molar-refractivity contribution in [1.82, 2.24) is 15.1 Å². The topological polar surface area (TPSA) is 65.0 Å². The first-order chi connectivity index (χ1) is 17.6. The molecule has 6 nitrogen and oxygen atoms in total. The van der Waals surface area contributed by atoms with Gasteiger partial charge in [-0.25, -0.2) is 0 Å². The number of hydrogen-bond acceptors (Lipinski definition) is 5. The first-order valence-electron chi connectivity index (χ1n) is 12.9. The highest BCUT2D eigenvalue weighted by Crippen LogP contribution is 2.39. The fourth-order valence-electron chi connectivity index (χ4n) is 5.56. The Bertz CT molecular complexity index is 1090. The molecule has 2 N–H and O–H groups in total. The van der Waals surface area contributed by atoms with Crippen molar-refractivity contribution in [3.05, 3.63) is 64.2 Å². The summed E-state index contributed by atoms with van der Waals surface area (Å²) in [5.74, 6) is 0.668. The number of rotatable bonds is 10. The van der Waals surface area contributed by atoms with Crippen LogP contribution in [-0.4, -0.2) is 72.3 Å². The van der Waals surface area contributed by atoms with Gasteiger partial charge in [-0.05, 0) is 87.2 Å². The van der Waals surface area contributed by atoms with Gasteiger partial charge in [-0.15, -0.1) is 0 Å². The van der Waals surface area contributed by atoms with Crippen molar-refractivity contribution in [3.8, 4) is 5.75 Å². The number of nitrogens with one attached hydrogen (secondary N) is 1. The SMILES string of the molecule is Cc1c(OCCNCCCO)ccc([C@H](C)N2C[C@@H]3C[C@H]2CN3C(=O)c2ccc(C(F)(F)F)cc2)c1C. The van der Waals surface area contributed by atoms with Crippen LogP contribution in [0.15, 0.2) is 36.4 Å². The maximum Gasteiger partial charge on any atom is 0.416 e. The van der Waals surface area contributed by atoms with E-state index >= 15 is 0 Å². The first kappa shape index (κ1) is 27.4. The molecular formula is C28H36F3N3O3. The zero-order valence-corrected chi connectivity index (χ0v) is 21.6. The second kappa shape index (κ2) is 11.4. The number of ether oxygens (including phenoxy) is 1. The van der Waals surface area contributed by atoms with Crippen LogP contribution in [-0.2, 0) is 6.18 Å². The average Bonchev–Trinajstić information content (AvgIpc) is 3.49. The van der Waals surface area contributed by atoms with E-state index in [9.17, 15) is 18.0 Å². The number of carbonyl (C=O) groups excluding carboxylic acids is 1. The minimum absolute atomic E-state index is 0.0598. The standard InChI is InChI=1S/C28H36F3N3O3/c1-18-19(2)26(37-14-12-32-11-4-13-35)10-9-25(18)20(3)33-16-24-15-23(33)17-34(24)27(36)21-5-7-22(8-6-21)28(29,30)31/h5-10,20,23-24,32,35H,4,11-17H2,1-3H3/t20-,23-,24-/m0/s1. The largest absolute Gasteiger partial charge is 0.492 e. The summed E-state index contributed by atoms with van der Waals surface area (Å²) in [5.41, 5.74) is 3.09. The predicted octanol–water partition coefficient (Wildman–Crippen LogP) is 4.33. The third kappa shape index (κ3) is 5.94. The van der Waals surface area contributed by atoms with Gasteiger partial charge in [0.05, 0.1) is 5.56 Å². The lowest BCUT2D eigenvalue weighted by Crippen LogP contribution is -2.49. The molecule has 2 aromatic rings. The number of halogens is 3. The van der Waals surface area contributed by atoms with Crippen LogP contribution in [0.1, 0.15) is 58.4 Å². The van der Waals surface area contributed by atoms with Gasteiger partial charge in [-0.1, -0.05) is 6.07 Å². The molecule has 2 saturated heterocycles. The summed E-state index contributed by atoms with van der Waals surface area (Å²) >= 11 is 0. The van der Waals surface area contributed by atoms with Crippen molar-refractivity contribution in [2.24, 2.45) is 0 Å². The van der Waals surface area contributed by atoms with Crippen LogP contribution >= 0.6 is 0 Å². The molecule has 9 heteroatoms. The first-order valence-corrected chi connectivity index (χ1v) is 12.9. The number of carbonyl (C=O) groups is 1. The molecule has 0 aromatic heterocycles. The number of aliphatic hydroxyl groups excluding tert-OH is 1. The van der Waals surface area contributed by atoms with Crippen molar-refractivity contribution in [1.29, 1.82) is 0 Å². The highest BCUT2D eigenvalue weighted by molar-refractivity contribution is 5.94. The zero-order valence-electron chi connectivity index (χ0n) is 21.6. The Hall–Kier alpha value is -2.62. The Balaban J connectivity index is 1.36. The van der Waals surface area contributed by atoms with E-state index in [0.717, 1.165) is 55.9 Å². The second-order valence-electron chi connectivity index (χ2n) is 10.0. The monoisotopic (exact) mass is 519 g/mol. The fourth-order valence-corrected chi connectivity index (χ4v) is 5.56. The van der Waals surface area contributed by atoms with Crippen molar-refractivity contribution >= 4 is 5.91 Å². The summed E-state index contributed by atoms with van der Waals surface area (Å²) in [6, 6.07) is 9.10. The molecule has 0 unspecified atom stereocenters. The van der Waals surface area contributed by atoms with Gasteiger partial charge in [0.2, 0.25) is 0 Å². The third-order valence-electron chi connectivity index (χ3n) is 7.78. The third-order valence-corrected chi connectivity index (χ3v) is 7.78. The van der Waals surface area contributed by atoms with Gasteiger partial charge >= 0.3 is 6.18 Å². The van der Waals surface area contributed by atoms with E-state index in [0.29, 0.717) is 18.7 Å². The highest BCUT2D eigenvalue weighted by Gasteiger charge is 2.47. The molecular weight excluding hydrogens is 483 g/mol. The lowest BCUT2D eigenvalue weighted by molar-refractivity contribution is -0.137. The van der Waals surface area contributed by atoms with E-state index in [1.165, 1.54) is 23.3 Å². The molecule has 0 radical (unpaired) electrons. The van der Waals surface area contributed by atoms with Gasteiger partial charge in [-0.3, -0.25) is 9.69 Å². The Morgan fingerprint density at radius 2 is 1.81 bits per heavy atom. The van der Waals surface area contributed by atoms with Crippen molar-refractivity contribution in [2.75, 3.05) is 39.4 Å². The molecule has 2 bridgehead atoms. The molecule has 0 spiro atoms. The van der Waals surface area contributed by atoms with E-state index in [-0.39, 0.29) is 30.6 Å². The van der Waals surface area contributed by atoms with Gasteiger partial charge < -0.3 is 20.1 Å². The van der Waals surface area contributed by atoms with Crippen LogP contribution in [0.4, 0.5) is 13.2 Å². The Morgan fingerprint density at radius 3 is 2.43 bits per heavy atom. The van der Waals surface area contributed by atoms with Gasteiger partial charge in [-0.2, -0.15) is 13.2 Å². The zero-order chi connectivity index (χ0) is 26.7. The minimum atomic E-state index is -4.41. The molecule has 2 heterocycles. The van der Waals surface area contributed by atoms with Crippen LogP contribution in [0.25, 0.3) is 0 Å². The second-order valence-corrected chi connectivity index (χ2v) is 10.0. The molecule has 2 aliphatic heterocycles. The van der Waals surface area contributed by atoms with E-state index < -0.39 is 11.7 Å². The quantitative estimate of drug-likeness (QED) is 0.458. The lowest BCUT2D eigenvalue weighted by atomic mass is 9.96. The highest BCUT2D eigenvalue weighted by atomic mass is 19.4. The molecule has 4 rings (SSSR count). The van der Waals surface area contributed by atoms with Gasteiger partial charge in [0, 0.05) is 49.9 Å². The Kier molecular flexibility index (Phi) is 8.46. The van der Waals surface area contributed by atoms with Crippen LogP contribution in [0.5, 0.6) is 5.75 Å². The summed E-state index contributed by atoms with van der Waals surface area (Å²) in [6.45, 7) is 9.91. The maximum atomic E-state index is 13.0. The summed E-state index contributed by atoms with van der Waals surface area (Å²) in [6.07, 6.45) is -2.81. The van der Waals surface area contributed by atoms with Crippen molar-refractivity contribution in [3.63, 3.8) is 0 Å². The van der Waals surface area contributed by atoms with E-state index in [4.69, 9.17) is 9.84 Å². The number of aliphatic hydroxyl groups is 1. The van der Waals surface area contributed by atoms with E-state index in [1.807, 2.05) is 11.0 Å². The molecule has 37 heavy (non-hydrogen) atoms. The van der Waals surface area contributed by atoms with Crippen LogP contribution in [0, 0.1) is 13.8 Å². The number of amides is 1. The van der Waals surface area contributed by atoms with E-state index in [1.54, 1.807) is 0 Å². The summed E-state index contributed by atoms with van der Waals surface area (Å²) in [7, 11) is 0. The van der Waals surface area contributed by atoms with Crippen LogP contribution < -0.4 is 10.1 Å². The number of hydrogen-bond donors (Lipinski definition) is 2. The summed E-state index contributed by atoms with van der Waals surface area (Å²) in [4.78, 5) is 17.3. The van der Waals surface area contributed by atoms with Crippen LogP contribution in [0.3, 0.4) is 0 Å². The van der Waals surface area contributed by atoms with Gasteiger partial charge in [0.1, 0.15) is 12.4 Å². The Labute approximate surface area is 216 Å². The smallest absolute Gasteiger partial charge is 0.416 e. The number of piperazine rings is 1. The molecule has 2 fully saturated rings. The normalized spacial score (nSPS) is 20.5. The predicted molar refractivity (Wildman–Crippen MR) is 136 cm³/mol. The molecule has 0 aliphatic carbocycles. The number of likely N-dealkylation sites (tertiary alicyclic amines) is 2. The lowest BCUT2D eigenvalue weighted by Gasteiger charge is -2.38. The molecule has 3 atom stereocenters. The molecule has 1 amide bonds. The van der Waals surface area contributed by atoms with Crippen LogP contribution in [0.2, 0.25) is 0 Å². The molecule has 202 valence electrons. The van der Waals surface area contributed by atoms with E-state index in [2.05, 4.69) is 37.1 Å². The Morgan fingerprint density at radius 1 is 1.08 bits per heavy atom. The number of benzene rings is 2. The number of alkyl halides is 3. The van der Waals surface area contributed by atoms with Crippen molar-refractivity contribution in [2.45, 2.75) is 57.9 Å².